The highest BCUT2D eigenvalue weighted by Gasteiger charge is 2.35. The van der Waals surface area contributed by atoms with Gasteiger partial charge >= 0.3 is 6.18 Å². The zero-order valence-electron chi connectivity index (χ0n) is 57.7. The highest BCUT2D eigenvalue weighted by Crippen LogP contribution is 2.38. The Hall–Kier alpha value is -9.91. The van der Waals surface area contributed by atoms with Crippen molar-refractivity contribution in [3.05, 3.63) is 144 Å². The van der Waals surface area contributed by atoms with Crippen molar-refractivity contribution in [2.45, 2.75) is 120 Å². The molecule has 15 rings (SSSR count). The van der Waals surface area contributed by atoms with Crippen LogP contribution in [0.25, 0.3) is 33.1 Å². The highest BCUT2D eigenvalue weighted by atomic mass is 35.5. The van der Waals surface area contributed by atoms with Gasteiger partial charge in [0.1, 0.15) is 56.8 Å². The summed E-state index contributed by atoms with van der Waals surface area (Å²) in [6.45, 7) is 9.12. The number of ether oxygens (including phenoxy) is 6. The molecule has 9 aromatic rings. The van der Waals surface area contributed by atoms with E-state index in [9.17, 15) is 31.9 Å². The average molecular weight is 1450 g/mol. The topological polar surface area (TPSA) is 287 Å². The predicted octanol–water partition coefficient (Wildman–Crippen LogP) is 10.5. The number of alkyl halides is 3. The number of anilines is 4. The normalized spacial score (nSPS) is 20.8. The molecule has 6 fully saturated rings. The van der Waals surface area contributed by atoms with Crippen LogP contribution in [0.1, 0.15) is 114 Å². The molecule has 5 aromatic heterocycles. The first-order valence-corrected chi connectivity index (χ1v) is 35.6. The number of carbonyl (C=O) groups excluding carboxylic acids is 3. The van der Waals surface area contributed by atoms with E-state index in [1.807, 2.05) is 29.4 Å². The van der Waals surface area contributed by atoms with Gasteiger partial charge < -0.3 is 64.0 Å². The monoisotopic (exact) mass is 1450 g/mol. The van der Waals surface area contributed by atoms with E-state index in [2.05, 4.69) is 87.8 Å². The number of carbonyl (C=O) groups is 3. The molecular formula is C73H82ClF4N17O9. The van der Waals surface area contributed by atoms with Gasteiger partial charge in [0.25, 0.3) is 17.7 Å². The summed E-state index contributed by atoms with van der Waals surface area (Å²) in [6, 6.07) is 17.2. The van der Waals surface area contributed by atoms with Crippen molar-refractivity contribution in [3.8, 4) is 17.2 Å². The summed E-state index contributed by atoms with van der Waals surface area (Å²) in [5.41, 5.74) is 6.82. The Morgan fingerprint density at radius 3 is 1.31 bits per heavy atom. The van der Waals surface area contributed by atoms with E-state index in [0.717, 1.165) is 172 Å². The van der Waals surface area contributed by atoms with Crippen molar-refractivity contribution in [2.24, 2.45) is 0 Å². The van der Waals surface area contributed by atoms with E-state index in [4.69, 9.17) is 40.0 Å². The lowest BCUT2D eigenvalue weighted by Gasteiger charge is -2.31. The molecule has 3 saturated carbocycles. The third-order valence-electron chi connectivity index (χ3n) is 19.2. The van der Waals surface area contributed by atoms with Gasteiger partial charge in [-0.05, 0) is 113 Å². The van der Waals surface area contributed by atoms with Gasteiger partial charge in [0.2, 0.25) is 0 Å². The van der Waals surface area contributed by atoms with Crippen molar-refractivity contribution in [2.75, 3.05) is 113 Å². The zero-order valence-corrected chi connectivity index (χ0v) is 58.5. The fourth-order valence-electron chi connectivity index (χ4n) is 13.6. The number of H-pyrrole nitrogens is 1. The summed E-state index contributed by atoms with van der Waals surface area (Å²) >= 11 is 5.78. The Morgan fingerprint density at radius 2 is 0.923 bits per heavy atom. The van der Waals surface area contributed by atoms with Crippen LogP contribution in [0.2, 0.25) is 5.02 Å². The van der Waals surface area contributed by atoms with Crippen molar-refractivity contribution in [1.82, 2.24) is 65.6 Å². The first-order chi connectivity index (χ1) is 50.5. The number of amides is 3. The Labute approximate surface area is 602 Å². The number of halogens is 5. The summed E-state index contributed by atoms with van der Waals surface area (Å²) in [5.74, 6) is 1.05. The van der Waals surface area contributed by atoms with Crippen LogP contribution in [-0.2, 0) is 20.4 Å². The molecule has 548 valence electrons. The summed E-state index contributed by atoms with van der Waals surface area (Å²) < 4.78 is 88.0. The number of aromatic nitrogens is 10. The fraction of sp³-hybridized carbons (Fsp3) is 0.452. The van der Waals surface area contributed by atoms with E-state index < -0.39 is 29.5 Å². The molecule has 0 atom stereocenters. The van der Waals surface area contributed by atoms with Gasteiger partial charge in [-0.25, -0.2) is 29.3 Å². The Bertz CT molecular complexity index is 4410. The lowest BCUT2D eigenvalue weighted by atomic mass is 9.92. The summed E-state index contributed by atoms with van der Waals surface area (Å²) in [5, 5.41) is 14.8. The van der Waals surface area contributed by atoms with E-state index in [1.54, 1.807) is 57.5 Å². The first-order valence-electron chi connectivity index (χ1n) is 35.2. The molecule has 3 aliphatic carbocycles. The second-order valence-corrected chi connectivity index (χ2v) is 27.0. The molecule has 3 saturated heterocycles. The molecule has 26 nitrogen and oxygen atoms in total. The molecular weight excluding hydrogens is 1370 g/mol. The SMILES string of the molecule is CN(C)C(=O)c1cnc(NC2CCC(Oc3cc(N4CCOCC4)cc4nccnc34)CC2)cn1.O=C(NC1CCC(Oc2cc(N3CCOCC3)cc3nccnc23)CC1)c1cc(C(F)(F)F)[nH]n1.O=C(NC1CCC(Oc2cc(N3CCOCC3)cc3nccnc23)CC1)c1ccc(Cl)cc1F. The smallest absolute Gasteiger partial charge is 0.432 e. The number of hydrogen-bond acceptors (Lipinski definition) is 22. The second kappa shape index (κ2) is 33.7. The van der Waals surface area contributed by atoms with Crippen LogP contribution in [0.15, 0.2) is 110 Å². The van der Waals surface area contributed by atoms with Crippen molar-refractivity contribution in [3.63, 3.8) is 0 Å². The number of morpholine rings is 3. The van der Waals surface area contributed by atoms with Crippen LogP contribution in [0.3, 0.4) is 0 Å². The summed E-state index contributed by atoms with van der Waals surface area (Å²) in [7, 11) is 3.40. The van der Waals surface area contributed by atoms with Gasteiger partial charge in [0.05, 0.1) is 92.5 Å². The number of rotatable bonds is 16. The summed E-state index contributed by atoms with van der Waals surface area (Å²) in [6.07, 6.45) is 18.1. The molecule has 4 aromatic carbocycles. The predicted molar refractivity (Wildman–Crippen MR) is 381 cm³/mol. The zero-order chi connectivity index (χ0) is 72.1. The number of fused-ring (bicyclic) bond motifs is 3. The number of aromatic amines is 1. The molecule has 31 heteroatoms. The van der Waals surface area contributed by atoms with Crippen molar-refractivity contribution < 1.29 is 60.4 Å². The van der Waals surface area contributed by atoms with Gasteiger partial charge in [-0.2, -0.15) is 18.3 Å². The van der Waals surface area contributed by atoms with Crippen molar-refractivity contribution >= 4 is 85.3 Å². The van der Waals surface area contributed by atoms with Crippen LogP contribution in [0.4, 0.5) is 40.4 Å². The molecule has 0 spiro atoms. The van der Waals surface area contributed by atoms with E-state index in [1.165, 1.54) is 23.2 Å². The summed E-state index contributed by atoms with van der Waals surface area (Å²) in [4.78, 5) is 80.7. The molecule has 6 aliphatic rings. The maximum absolute atomic E-state index is 14.1. The lowest BCUT2D eigenvalue weighted by Crippen LogP contribution is -2.40. The number of nitrogens with one attached hydrogen (secondary N) is 4. The van der Waals surface area contributed by atoms with Crippen LogP contribution in [-0.4, -0.2) is 202 Å². The van der Waals surface area contributed by atoms with Crippen LogP contribution >= 0.6 is 11.6 Å². The maximum atomic E-state index is 14.1. The van der Waals surface area contributed by atoms with Gasteiger partial charge in [0, 0.05) is 155 Å². The van der Waals surface area contributed by atoms with Gasteiger partial charge in [-0.15, -0.1) is 0 Å². The third-order valence-corrected chi connectivity index (χ3v) is 19.4. The van der Waals surface area contributed by atoms with E-state index in [0.29, 0.717) is 74.9 Å². The number of nitrogens with zero attached hydrogens (tertiary/aromatic N) is 13. The van der Waals surface area contributed by atoms with Gasteiger partial charge in [-0.1, -0.05) is 11.6 Å². The average Bonchev–Trinajstić information content (AvgIpc) is 1.31. The Kier molecular flexibility index (Phi) is 23.5. The van der Waals surface area contributed by atoms with Gasteiger partial charge in [0.15, 0.2) is 5.69 Å². The maximum Gasteiger partial charge on any atom is 0.432 e. The molecule has 0 unspecified atom stereocenters. The van der Waals surface area contributed by atoms with E-state index in [-0.39, 0.29) is 58.6 Å². The molecule has 8 heterocycles. The molecule has 3 amide bonds. The first kappa shape index (κ1) is 72.4. The molecule has 0 radical (unpaired) electrons. The quantitative estimate of drug-likeness (QED) is 0.0654. The number of hydrogen-bond donors (Lipinski definition) is 4. The van der Waals surface area contributed by atoms with Gasteiger partial charge in [-0.3, -0.25) is 34.4 Å². The van der Waals surface area contributed by atoms with Crippen LogP contribution in [0, 0.1) is 5.82 Å². The van der Waals surface area contributed by atoms with E-state index >= 15 is 0 Å². The fourth-order valence-corrected chi connectivity index (χ4v) is 13.8. The standard InChI is InChI=1S/C25H26ClFN4O3.C25H31N7O3.C23H25F3N6O3/c26-16-1-6-20(21(27)13-16)25(32)30-17-2-4-19(5-3-17)34-23-15-18(31-9-11-33-12-10-31)14-22-24(23)29-8-7-28-22;1-31(2)25(33)21-15-29-23(16-28-21)30-17-3-5-19(6-4-17)35-22-14-18(32-9-11-34-12-10-32)13-20-24(22)27-8-7-26-20;24-23(25,26)20-13-18(30-31-20)22(33)29-14-1-3-16(4-2-14)35-19-12-15(32-7-9-34-10-8-32)11-17-21(19)28-6-5-27-17/h1,6-8,13-15,17,19H,2-5,9-12H2,(H,30,32);7-8,13-17,19H,3-6,9-12H2,1-2H3,(H,29,30);5-6,11-14,16H,1-4,7-10H2,(H,29,33)(H,30,31). The minimum atomic E-state index is -4.57. The molecule has 104 heavy (non-hydrogen) atoms. The Morgan fingerprint density at radius 1 is 0.510 bits per heavy atom. The largest absolute Gasteiger partial charge is 0.488 e. The van der Waals surface area contributed by atoms with Crippen LogP contribution in [0.5, 0.6) is 17.2 Å². The lowest BCUT2D eigenvalue weighted by molar-refractivity contribution is -0.141. The molecule has 3 aliphatic heterocycles. The Balaban J connectivity index is 0.000000139. The second-order valence-electron chi connectivity index (χ2n) is 26.5. The minimum Gasteiger partial charge on any atom is -0.488 e. The third kappa shape index (κ3) is 18.5. The minimum absolute atomic E-state index is 0.00515. The molecule has 4 N–H and O–H groups in total. The molecule has 0 bridgehead atoms. The van der Waals surface area contributed by atoms with Crippen LogP contribution < -0.4 is 44.9 Å². The highest BCUT2D eigenvalue weighted by molar-refractivity contribution is 6.30. The number of benzene rings is 4. The van der Waals surface area contributed by atoms with Crippen molar-refractivity contribution in [1.29, 1.82) is 0 Å².